The fourth-order valence-electron chi connectivity index (χ4n) is 1.36. The van der Waals surface area contributed by atoms with E-state index in [2.05, 4.69) is 26.9 Å². The van der Waals surface area contributed by atoms with Crippen LogP contribution in [-0.2, 0) is 4.79 Å². The number of nitrogens with zero attached hydrogens (tertiary/aromatic N) is 1. The smallest absolute Gasteiger partial charge is 0.252 e. The van der Waals surface area contributed by atoms with E-state index >= 15 is 0 Å². The molecule has 0 aliphatic carbocycles. The number of hydrogen-bond acceptors (Lipinski definition) is 4. The van der Waals surface area contributed by atoms with Crippen LogP contribution in [0.4, 0.5) is 5.82 Å². The third kappa shape index (κ3) is 5.40. The Labute approximate surface area is 118 Å². The molecule has 0 atom stereocenters. The van der Waals surface area contributed by atoms with Crippen LogP contribution >= 0.6 is 0 Å². The van der Waals surface area contributed by atoms with E-state index in [-0.39, 0.29) is 24.9 Å². The number of rotatable bonds is 7. The van der Waals surface area contributed by atoms with E-state index in [1.54, 1.807) is 12.1 Å². The minimum atomic E-state index is -0.213. The van der Waals surface area contributed by atoms with Gasteiger partial charge in [-0.1, -0.05) is 12.8 Å². The molecule has 20 heavy (non-hydrogen) atoms. The molecule has 1 aromatic heterocycles. The van der Waals surface area contributed by atoms with Gasteiger partial charge in [0, 0.05) is 12.7 Å². The molecule has 0 radical (unpaired) electrons. The van der Waals surface area contributed by atoms with Crippen molar-refractivity contribution in [1.29, 1.82) is 0 Å². The van der Waals surface area contributed by atoms with Crippen molar-refractivity contribution >= 4 is 17.6 Å². The third-order valence-corrected chi connectivity index (χ3v) is 2.38. The molecule has 1 heterocycles. The number of carbonyl (C=O) groups excluding carboxylic acids is 2. The summed E-state index contributed by atoms with van der Waals surface area (Å²) in [5, 5.41) is 8.12. The summed E-state index contributed by atoms with van der Waals surface area (Å²) in [6, 6.07) is 3.30. The van der Waals surface area contributed by atoms with Crippen molar-refractivity contribution in [3.63, 3.8) is 0 Å². The lowest BCUT2D eigenvalue weighted by Gasteiger charge is -2.06. The molecule has 0 saturated carbocycles. The molecule has 106 valence electrons. The summed E-state index contributed by atoms with van der Waals surface area (Å²) in [5.74, 6) is 2.47. The maximum absolute atomic E-state index is 11.6. The van der Waals surface area contributed by atoms with E-state index in [1.165, 1.54) is 6.20 Å². The zero-order valence-corrected chi connectivity index (χ0v) is 11.4. The van der Waals surface area contributed by atoms with Crippen molar-refractivity contribution in [3.05, 3.63) is 23.9 Å². The van der Waals surface area contributed by atoms with Gasteiger partial charge in [-0.25, -0.2) is 4.98 Å². The fourth-order valence-corrected chi connectivity index (χ4v) is 1.36. The molecule has 0 aromatic carbocycles. The predicted octanol–water partition coefficient (Wildman–Crippen LogP) is 0.383. The molecule has 0 spiro atoms. The van der Waals surface area contributed by atoms with Gasteiger partial charge in [0.2, 0.25) is 5.91 Å². The van der Waals surface area contributed by atoms with Gasteiger partial charge in [-0.3, -0.25) is 9.59 Å². The second-order valence-electron chi connectivity index (χ2n) is 4.02. The Kier molecular flexibility index (Phi) is 6.62. The maximum atomic E-state index is 11.6. The average Bonchev–Trinajstić information content (AvgIpc) is 2.49. The number of pyridine rings is 1. The van der Waals surface area contributed by atoms with Gasteiger partial charge in [0.15, 0.2) is 0 Å². The summed E-state index contributed by atoms with van der Waals surface area (Å²) < 4.78 is 0. The van der Waals surface area contributed by atoms with E-state index in [9.17, 15) is 9.59 Å². The quantitative estimate of drug-likeness (QED) is 0.628. The number of nitrogens with one attached hydrogen (secondary N) is 3. The molecule has 6 nitrogen and oxygen atoms in total. The zero-order valence-electron chi connectivity index (χ0n) is 11.4. The van der Waals surface area contributed by atoms with Crippen LogP contribution in [0, 0.1) is 12.3 Å². The molecule has 0 aliphatic heterocycles. The molecule has 2 amide bonds. The number of hydrogen-bond donors (Lipinski definition) is 3. The second kappa shape index (κ2) is 8.53. The normalized spacial score (nSPS) is 9.40. The summed E-state index contributed by atoms with van der Waals surface area (Å²) >= 11 is 0. The van der Waals surface area contributed by atoms with Crippen LogP contribution in [0.25, 0.3) is 0 Å². The monoisotopic (exact) mass is 274 g/mol. The van der Waals surface area contributed by atoms with Gasteiger partial charge in [-0.15, -0.1) is 6.42 Å². The Balaban J connectivity index is 2.44. The Hall–Kier alpha value is -2.55. The molecule has 1 rings (SSSR count). The Morgan fingerprint density at radius 3 is 2.75 bits per heavy atom. The summed E-state index contributed by atoms with van der Waals surface area (Å²) in [5.41, 5.74) is 0.487. The van der Waals surface area contributed by atoms with E-state index in [0.717, 1.165) is 6.42 Å². The van der Waals surface area contributed by atoms with Gasteiger partial charge in [-0.05, 0) is 18.6 Å². The fraction of sp³-hybridized carbons (Fsp3) is 0.357. The molecule has 0 aliphatic rings. The van der Waals surface area contributed by atoms with Crippen molar-refractivity contribution in [2.24, 2.45) is 0 Å². The van der Waals surface area contributed by atoms with E-state index in [1.807, 2.05) is 6.92 Å². The van der Waals surface area contributed by atoms with Crippen molar-refractivity contribution in [2.45, 2.75) is 13.3 Å². The number of terminal acetylenes is 1. The van der Waals surface area contributed by atoms with E-state index < -0.39 is 0 Å². The van der Waals surface area contributed by atoms with Crippen molar-refractivity contribution in [2.75, 3.05) is 25.0 Å². The molecule has 1 aromatic rings. The highest BCUT2D eigenvalue weighted by Gasteiger charge is 2.05. The van der Waals surface area contributed by atoms with Gasteiger partial charge in [0.25, 0.3) is 5.91 Å². The Morgan fingerprint density at radius 2 is 2.15 bits per heavy atom. The highest BCUT2D eigenvalue weighted by molar-refractivity contribution is 5.94. The molecular weight excluding hydrogens is 256 g/mol. The Morgan fingerprint density at radius 1 is 1.35 bits per heavy atom. The molecule has 0 saturated heterocycles. The summed E-state index contributed by atoms with van der Waals surface area (Å²) in [6.45, 7) is 2.89. The van der Waals surface area contributed by atoms with Crippen LogP contribution in [0.2, 0.25) is 0 Å². The Bertz CT molecular complexity index is 491. The highest BCUT2D eigenvalue weighted by atomic mass is 16.2. The predicted molar refractivity (Wildman–Crippen MR) is 77.2 cm³/mol. The first-order valence-corrected chi connectivity index (χ1v) is 6.35. The lowest BCUT2D eigenvalue weighted by Crippen LogP contribution is -2.30. The van der Waals surface area contributed by atoms with Gasteiger partial charge in [-0.2, -0.15) is 0 Å². The van der Waals surface area contributed by atoms with Crippen LogP contribution in [0.1, 0.15) is 23.7 Å². The molecule has 6 heteroatoms. The molecule has 0 bridgehead atoms. The van der Waals surface area contributed by atoms with Crippen LogP contribution in [0.5, 0.6) is 0 Å². The lowest BCUT2D eigenvalue weighted by molar-refractivity contribution is -0.119. The lowest BCUT2D eigenvalue weighted by atomic mass is 10.2. The van der Waals surface area contributed by atoms with Crippen LogP contribution in [0.15, 0.2) is 18.3 Å². The largest absolute Gasteiger partial charge is 0.361 e. The first kappa shape index (κ1) is 15.5. The standard InChI is InChI=1S/C14H18N4O2/c1-3-7-15-13(19)10-18-12-6-5-11(9-17-12)14(20)16-8-4-2/h1,5-6,9H,4,7-8,10H2,2H3,(H,15,19)(H,16,20)(H,17,18). The van der Waals surface area contributed by atoms with Crippen LogP contribution in [-0.4, -0.2) is 36.4 Å². The molecular formula is C14H18N4O2. The minimum Gasteiger partial charge on any atom is -0.361 e. The number of anilines is 1. The summed E-state index contributed by atoms with van der Waals surface area (Å²) in [4.78, 5) is 27.0. The minimum absolute atomic E-state index is 0.0794. The van der Waals surface area contributed by atoms with Gasteiger partial charge >= 0.3 is 0 Å². The SMILES string of the molecule is C#CCNC(=O)CNc1ccc(C(=O)NCCC)cn1. The average molecular weight is 274 g/mol. The maximum Gasteiger partial charge on any atom is 0.252 e. The highest BCUT2D eigenvalue weighted by Crippen LogP contribution is 2.04. The van der Waals surface area contributed by atoms with E-state index in [4.69, 9.17) is 6.42 Å². The van der Waals surface area contributed by atoms with Gasteiger partial charge < -0.3 is 16.0 Å². The number of aromatic nitrogens is 1. The number of carbonyl (C=O) groups is 2. The number of amides is 2. The molecule has 0 unspecified atom stereocenters. The third-order valence-electron chi connectivity index (χ3n) is 2.38. The topological polar surface area (TPSA) is 83.1 Å². The van der Waals surface area contributed by atoms with Crippen molar-refractivity contribution in [1.82, 2.24) is 15.6 Å². The van der Waals surface area contributed by atoms with Crippen molar-refractivity contribution < 1.29 is 9.59 Å². The van der Waals surface area contributed by atoms with E-state index in [0.29, 0.717) is 17.9 Å². The summed E-state index contributed by atoms with van der Waals surface area (Å²) in [6.07, 6.45) is 7.37. The summed E-state index contributed by atoms with van der Waals surface area (Å²) in [7, 11) is 0. The van der Waals surface area contributed by atoms with Gasteiger partial charge in [0.1, 0.15) is 5.82 Å². The first-order chi connectivity index (χ1) is 9.67. The molecule has 3 N–H and O–H groups in total. The van der Waals surface area contributed by atoms with Crippen LogP contribution < -0.4 is 16.0 Å². The zero-order chi connectivity index (χ0) is 14.8. The van der Waals surface area contributed by atoms with Crippen LogP contribution in [0.3, 0.4) is 0 Å². The van der Waals surface area contributed by atoms with Gasteiger partial charge in [0.05, 0.1) is 18.7 Å². The first-order valence-electron chi connectivity index (χ1n) is 6.35. The molecule has 0 fully saturated rings. The second-order valence-corrected chi connectivity index (χ2v) is 4.02. The van der Waals surface area contributed by atoms with Crippen molar-refractivity contribution in [3.8, 4) is 12.3 Å².